The van der Waals surface area contributed by atoms with Crippen LogP contribution in [0.4, 0.5) is 0 Å². The van der Waals surface area contributed by atoms with E-state index in [1.165, 1.54) is 49.7 Å². The third-order valence-electron chi connectivity index (χ3n) is 9.52. The second-order valence-electron chi connectivity index (χ2n) is 14.4. The van der Waals surface area contributed by atoms with Crippen molar-refractivity contribution in [3.63, 3.8) is 0 Å². The highest BCUT2D eigenvalue weighted by molar-refractivity contribution is 5.96. The second kappa shape index (κ2) is 21.1. The molecule has 6 atom stereocenters. The average molecular weight is 742 g/mol. The molecule has 0 fully saturated rings. The highest BCUT2D eigenvalue weighted by Gasteiger charge is 2.36. The summed E-state index contributed by atoms with van der Waals surface area (Å²) in [6, 6.07) is 4.93. The summed E-state index contributed by atoms with van der Waals surface area (Å²) in [5.74, 6) is -4.54. The lowest BCUT2D eigenvalue weighted by atomic mass is 9.97. The van der Waals surface area contributed by atoms with Crippen LogP contribution in [-0.2, 0) is 49.5 Å². The lowest BCUT2D eigenvalue weighted by Crippen LogP contribution is -2.57. The van der Waals surface area contributed by atoms with Gasteiger partial charge in [-0.3, -0.25) is 24.0 Å². The van der Waals surface area contributed by atoms with Gasteiger partial charge >= 0.3 is 11.9 Å². The summed E-state index contributed by atoms with van der Waals surface area (Å²) in [7, 11) is 4.35. The minimum atomic E-state index is -1.19. The maximum Gasteiger partial charge on any atom is 0.334 e. The third-order valence-corrected chi connectivity index (χ3v) is 9.52. The summed E-state index contributed by atoms with van der Waals surface area (Å²) in [6.45, 7) is 11.6. The first kappa shape index (κ1) is 44.4. The van der Waals surface area contributed by atoms with Gasteiger partial charge in [-0.1, -0.05) is 70.5 Å². The van der Waals surface area contributed by atoms with Crippen LogP contribution in [0.1, 0.15) is 79.7 Å². The fourth-order valence-corrected chi connectivity index (χ4v) is 5.71. The Morgan fingerprint density at radius 2 is 1.51 bits per heavy atom. The van der Waals surface area contributed by atoms with Gasteiger partial charge in [0.2, 0.25) is 23.6 Å². The van der Waals surface area contributed by atoms with Crippen LogP contribution >= 0.6 is 0 Å². The number of carbonyl (C=O) groups is 7. The molecule has 53 heavy (non-hydrogen) atoms. The third kappa shape index (κ3) is 13.3. The number of cyclic esters (lactones) is 2. The van der Waals surface area contributed by atoms with E-state index in [1.54, 1.807) is 32.1 Å². The van der Waals surface area contributed by atoms with Gasteiger partial charge < -0.3 is 34.8 Å². The van der Waals surface area contributed by atoms with Gasteiger partial charge in [-0.15, -0.1) is 0 Å². The van der Waals surface area contributed by atoms with Gasteiger partial charge in [0, 0.05) is 33.1 Å². The Labute approximate surface area is 314 Å². The molecule has 2 N–H and O–H groups in total. The van der Waals surface area contributed by atoms with Gasteiger partial charge in [-0.2, -0.15) is 0 Å². The summed E-state index contributed by atoms with van der Waals surface area (Å²) >= 11 is 0. The van der Waals surface area contributed by atoms with E-state index in [9.17, 15) is 33.6 Å². The molecule has 1 aromatic carbocycles. The van der Waals surface area contributed by atoms with Crippen LogP contribution in [0.15, 0.2) is 42.0 Å². The maximum atomic E-state index is 14.0. The van der Waals surface area contributed by atoms with Gasteiger partial charge in [0.05, 0.1) is 13.2 Å². The minimum absolute atomic E-state index is 0.0277. The summed E-state index contributed by atoms with van der Waals surface area (Å²) in [4.78, 5) is 98.0. The number of likely N-dealkylation sites (N-methyl/N-ethyl adjacent to an activating group) is 3. The lowest BCUT2D eigenvalue weighted by Gasteiger charge is -2.33. The first-order valence-electron chi connectivity index (χ1n) is 18.4. The Kier molecular flexibility index (Phi) is 17.7. The molecule has 2 rings (SSSR count). The van der Waals surface area contributed by atoms with E-state index in [2.05, 4.69) is 10.6 Å². The van der Waals surface area contributed by atoms with Crippen molar-refractivity contribution in [3.8, 4) is 0 Å². The molecule has 2 unspecified atom stereocenters. The predicted molar refractivity (Wildman–Crippen MR) is 199 cm³/mol. The zero-order valence-electron chi connectivity index (χ0n) is 33.0. The van der Waals surface area contributed by atoms with Crippen molar-refractivity contribution in [1.82, 2.24) is 25.3 Å². The number of rotatable bonds is 6. The number of hydrogen-bond donors (Lipinski definition) is 2. The molecule has 1 aromatic rings. The molecule has 0 radical (unpaired) electrons. The number of ether oxygens (including phenoxy) is 2. The van der Waals surface area contributed by atoms with Crippen molar-refractivity contribution in [2.45, 2.75) is 111 Å². The quantitative estimate of drug-likeness (QED) is 0.416. The lowest BCUT2D eigenvalue weighted by molar-refractivity contribution is -0.154. The van der Waals surface area contributed by atoms with Crippen molar-refractivity contribution >= 4 is 41.5 Å². The fraction of sp³-hybridized carbons (Fsp3) is 0.615. The molecule has 1 aliphatic heterocycles. The first-order valence-corrected chi connectivity index (χ1v) is 18.4. The van der Waals surface area contributed by atoms with Gasteiger partial charge in [0.1, 0.15) is 24.2 Å². The molecule has 1 heterocycles. The Morgan fingerprint density at radius 1 is 0.868 bits per heavy atom. The zero-order chi connectivity index (χ0) is 40.0. The van der Waals surface area contributed by atoms with Crippen LogP contribution in [0, 0.1) is 11.8 Å². The summed E-state index contributed by atoms with van der Waals surface area (Å²) in [6.07, 6.45) is 2.05. The topological polar surface area (TPSA) is 172 Å². The van der Waals surface area contributed by atoms with Crippen molar-refractivity contribution in [2.24, 2.45) is 11.8 Å². The van der Waals surface area contributed by atoms with Crippen LogP contribution in [0.5, 0.6) is 0 Å². The minimum Gasteiger partial charge on any atom is -0.464 e. The van der Waals surface area contributed by atoms with E-state index in [0.717, 1.165) is 5.56 Å². The Bertz CT molecular complexity index is 1480. The van der Waals surface area contributed by atoms with E-state index in [-0.39, 0.29) is 36.9 Å². The van der Waals surface area contributed by atoms with E-state index < -0.39 is 78.3 Å². The smallest absolute Gasteiger partial charge is 0.334 e. The van der Waals surface area contributed by atoms with Gasteiger partial charge in [-0.25, -0.2) is 9.59 Å². The molecule has 0 spiro atoms. The SMILES string of the molecule is CCC(C)C1NC(=O)CN(C)C(=O)[C@@H](Cc2ccccc2)N(C)C(=O)[C@H](C)NC(=O)[C@@H](CC(C)C)OC(=O)/C(C)=C/CCCOC(=O)[C@H](C)N(C)C1=O. The van der Waals surface area contributed by atoms with Crippen molar-refractivity contribution in [3.05, 3.63) is 47.5 Å². The van der Waals surface area contributed by atoms with Crippen LogP contribution in [0.2, 0.25) is 0 Å². The number of carbonyl (C=O) groups excluding carboxylic acids is 7. The van der Waals surface area contributed by atoms with E-state index >= 15 is 0 Å². The summed E-state index contributed by atoms with van der Waals surface area (Å²) in [5, 5.41) is 5.42. The van der Waals surface area contributed by atoms with E-state index in [4.69, 9.17) is 9.47 Å². The van der Waals surface area contributed by atoms with Gasteiger partial charge in [0.25, 0.3) is 5.91 Å². The van der Waals surface area contributed by atoms with E-state index in [1.807, 2.05) is 39.0 Å². The molecule has 0 saturated heterocycles. The number of hydrogen-bond acceptors (Lipinski definition) is 9. The first-order chi connectivity index (χ1) is 24.9. The Balaban J connectivity index is 2.52. The molecule has 294 valence electrons. The monoisotopic (exact) mass is 741 g/mol. The van der Waals surface area contributed by atoms with Gasteiger partial charge in [-0.05, 0) is 57.4 Å². The predicted octanol–water partition coefficient (Wildman–Crippen LogP) is 2.64. The van der Waals surface area contributed by atoms with Crippen LogP contribution < -0.4 is 10.6 Å². The Hall–Kier alpha value is -4.75. The molecule has 0 aliphatic carbocycles. The number of nitrogens with one attached hydrogen (secondary N) is 2. The second-order valence-corrected chi connectivity index (χ2v) is 14.4. The molecule has 0 aromatic heterocycles. The van der Waals surface area contributed by atoms with Crippen LogP contribution in [-0.4, -0.2) is 121 Å². The number of allylic oxidation sites excluding steroid dienone is 1. The van der Waals surface area contributed by atoms with Crippen LogP contribution in [0.25, 0.3) is 0 Å². The zero-order valence-corrected chi connectivity index (χ0v) is 33.0. The molecule has 0 bridgehead atoms. The van der Waals surface area contributed by atoms with Gasteiger partial charge in [0.15, 0.2) is 6.10 Å². The van der Waals surface area contributed by atoms with Crippen molar-refractivity contribution < 1.29 is 43.0 Å². The summed E-state index contributed by atoms with van der Waals surface area (Å²) < 4.78 is 11.0. The van der Waals surface area contributed by atoms with Crippen molar-refractivity contribution in [1.29, 1.82) is 0 Å². The number of nitrogens with zero attached hydrogens (tertiary/aromatic N) is 3. The molecule has 1 aliphatic rings. The standard InChI is InChI=1S/C39H59N5O9/c1-11-25(4)33-37(49)43(9)28(7)39(51)52-20-16-15-17-26(5)38(50)53-31(21-24(2)3)34(46)40-27(6)35(47)44(10)30(22-29-18-13-12-14-19-29)36(48)42(8)23-32(45)41-33/h12-14,17-19,24-25,27-28,30-31,33H,11,15-16,20-23H2,1-10H3,(H,40,46)(H,41,45)/b26-17+/t25?,27-,28-,30+,31+,33?/m0/s1. The molecule has 5 amide bonds. The maximum absolute atomic E-state index is 14.0. The number of benzene rings is 1. The molecular formula is C39H59N5O9. The highest BCUT2D eigenvalue weighted by Crippen LogP contribution is 2.17. The Morgan fingerprint density at radius 3 is 2.11 bits per heavy atom. The molecular weight excluding hydrogens is 682 g/mol. The fourth-order valence-electron chi connectivity index (χ4n) is 5.71. The largest absolute Gasteiger partial charge is 0.464 e. The van der Waals surface area contributed by atoms with Crippen LogP contribution in [0.3, 0.4) is 0 Å². The molecule has 0 saturated carbocycles. The average Bonchev–Trinajstić information content (AvgIpc) is 3.12. The summed E-state index contributed by atoms with van der Waals surface area (Å²) in [5.41, 5.74) is 1.02. The van der Waals surface area contributed by atoms with E-state index in [0.29, 0.717) is 19.3 Å². The normalized spacial score (nSPS) is 26.1. The number of esters is 2. The van der Waals surface area contributed by atoms with Crippen molar-refractivity contribution in [2.75, 3.05) is 34.3 Å². The number of amides is 5. The highest BCUT2D eigenvalue weighted by atomic mass is 16.5. The molecule has 14 nitrogen and oxygen atoms in total. The molecule has 14 heteroatoms.